The first kappa shape index (κ1) is 16.9. The molecule has 9 nitrogen and oxygen atoms in total. The Morgan fingerprint density at radius 2 is 2.04 bits per heavy atom. The van der Waals surface area contributed by atoms with E-state index < -0.39 is 0 Å². The minimum atomic E-state index is -0.251. The van der Waals surface area contributed by atoms with Gasteiger partial charge in [-0.15, -0.1) is 0 Å². The molecule has 0 spiro atoms. The Morgan fingerprint density at radius 3 is 2.68 bits per heavy atom. The van der Waals surface area contributed by atoms with Crippen molar-refractivity contribution in [3.05, 3.63) is 38.6 Å². The molecule has 3 heterocycles. The van der Waals surface area contributed by atoms with E-state index >= 15 is 0 Å². The van der Waals surface area contributed by atoms with E-state index in [2.05, 4.69) is 15.1 Å². The zero-order valence-corrected chi connectivity index (χ0v) is 14.4. The SMILES string of the molecule is CC(=O)c1c(C)nn(CC(=O)N2CCc3c(nc(N)[nH]c3=O)C2)c1C. The normalized spacial score (nSPS) is 13.6. The molecular formula is C16H20N6O3. The highest BCUT2D eigenvalue weighted by Gasteiger charge is 2.25. The number of hydrogen-bond donors (Lipinski definition) is 2. The van der Waals surface area contributed by atoms with Crippen LogP contribution in [0.2, 0.25) is 0 Å². The second-order valence-corrected chi connectivity index (χ2v) is 6.20. The molecule has 2 aromatic heterocycles. The number of nitrogens with zero attached hydrogens (tertiary/aromatic N) is 4. The van der Waals surface area contributed by atoms with Gasteiger partial charge >= 0.3 is 0 Å². The van der Waals surface area contributed by atoms with Crippen molar-refractivity contribution < 1.29 is 9.59 Å². The van der Waals surface area contributed by atoms with Crippen molar-refractivity contribution >= 4 is 17.6 Å². The monoisotopic (exact) mass is 344 g/mol. The van der Waals surface area contributed by atoms with Crippen LogP contribution in [0.1, 0.15) is 39.9 Å². The molecule has 0 unspecified atom stereocenters. The fraction of sp³-hybridized carbons (Fsp3) is 0.438. The highest BCUT2D eigenvalue weighted by Crippen LogP contribution is 2.17. The van der Waals surface area contributed by atoms with Gasteiger partial charge in [0.2, 0.25) is 11.9 Å². The van der Waals surface area contributed by atoms with Crippen molar-refractivity contribution in [2.75, 3.05) is 12.3 Å². The number of nitrogen functional groups attached to an aromatic ring is 1. The van der Waals surface area contributed by atoms with Crippen molar-refractivity contribution in [3.63, 3.8) is 0 Å². The molecule has 2 aromatic rings. The first-order valence-electron chi connectivity index (χ1n) is 7.98. The number of carbonyl (C=O) groups is 2. The number of Topliss-reactive ketones (excluding diaryl/α,β-unsaturated/α-hetero) is 1. The van der Waals surface area contributed by atoms with Gasteiger partial charge in [0.15, 0.2) is 5.78 Å². The van der Waals surface area contributed by atoms with Gasteiger partial charge in [-0.2, -0.15) is 5.10 Å². The number of carbonyl (C=O) groups excluding carboxylic acids is 2. The number of H-pyrrole nitrogens is 1. The number of fused-ring (bicyclic) bond motifs is 1. The van der Waals surface area contributed by atoms with Gasteiger partial charge in [-0.05, 0) is 27.2 Å². The second-order valence-electron chi connectivity index (χ2n) is 6.20. The van der Waals surface area contributed by atoms with Crippen LogP contribution in [0, 0.1) is 13.8 Å². The summed E-state index contributed by atoms with van der Waals surface area (Å²) in [6, 6.07) is 0. The fourth-order valence-corrected chi connectivity index (χ4v) is 3.26. The smallest absolute Gasteiger partial charge is 0.255 e. The first-order valence-corrected chi connectivity index (χ1v) is 7.98. The van der Waals surface area contributed by atoms with Gasteiger partial charge in [-0.1, -0.05) is 0 Å². The summed E-state index contributed by atoms with van der Waals surface area (Å²) in [6.07, 6.45) is 0.430. The van der Waals surface area contributed by atoms with Crippen molar-refractivity contribution in [2.24, 2.45) is 0 Å². The van der Waals surface area contributed by atoms with Crippen LogP contribution in [-0.4, -0.2) is 42.9 Å². The Kier molecular flexibility index (Phi) is 4.15. The van der Waals surface area contributed by atoms with Gasteiger partial charge in [0, 0.05) is 17.8 Å². The van der Waals surface area contributed by atoms with E-state index in [9.17, 15) is 14.4 Å². The summed E-state index contributed by atoms with van der Waals surface area (Å²) in [4.78, 5) is 44.4. The van der Waals surface area contributed by atoms with E-state index in [4.69, 9.17) is 5.73 Å². The predicted octanol–water partition coefficient (Wildman–Crippen LogP) is -0.0471. The maximum atomic E-state index is 12.6. The topological polar surface area (TPSA) is 127 Å². The molecule has 0 aromatic carbocycles. The molecule has 3 rings (SSSR count). The number of aromatic amines is 1. The Bertz CT molecular complexity index is 927. The molecule has 0 saturated carbocycles. The lowest BCUT2D eigenvalue weighted by Gasteiger charge is -2.27. The Hall–Kier alpha value is -2.97. The molecule has 132 valence electrons. The van der Waals surface area contributed by atoms with E-state index in [1.165, 1.54) is 6.92 Å². The predicted molar refractivity (Wildman–Crippen MR) is 90.1 cm³/mol. The van der Waals surface area contributed by atoms with Gasteiger partial charge in [0.05, 0.1) is 23.5 Å². The van der Waals surface area contributed by atoms with Gasteiger partial charge in [-0.25, -0.2) is 4.98 Å². The number of nitrogens with two attached hydrogens (primary N) is 1. The summed E-state index contributed by atoms with van der Waals surface area (Å²) in [5.41, 5.74) is 8.27. The maximum absolute atomic E-state index is 12.6. The van der Waals surface area contributed by atoms with E-state index in [1.54, 1.807) is 23.4 Å². The molecular weight excluding hydrogens is 324 g/mol. The summed E-state index contributed by atoms with van der Waals surface area (Å²) < 4.78 is 1.55. The first-order chi connectivity index (χ1) is 11.8. The van der Waals surface area contributed by atoms with Crippen LogP contribution in [0.3, 0.4) is 0 Å². The van der Waals surface area contributed by atoms with Crippen molar-refractivity contribution in [3.8, 4) is 0 Å². The molecule has 25 heavy (non-hydrogen) atoms. The van der Waals surface area contributed by atoms with Gasteiger partial charge in [0.1, 0.15) is 6.54 Å². The minimum absolute atomic E-state index is 0.0357. The van der Waals surface area contributed by atoms with E-state index in [1.807, 2.05) is 0 Å². The van der Waals surface area contributed by atoms with Crippen LogP contribution in [0.5, 0.6) is 0 Å². The molecule has 0 bridgehead atoms. The molecule has 0 aliphatic carbocycles. The third-order valence-electron chi connectivity index (χ3n) is 4.46. The third kappa shape index (κ3) is 3.04. The highest BCUT2D eigenvalue weighted by molar-refractivity contribution is 5.96. The van der Waals surface area contributed by atoms with E-state index in [0.29, 0.717) is 41.2 Å². The number of nitrogens with one attached hydrogen (secondary N) is 1. The summed E-state index contributed by atoms with van der Waals surface area (Å²) in [5, 5.41) is 4.30. The zero-order chi connectivity index (χ0) is 18.3. The molecule has 0 atom stereocenters. The standard InChI is InChI=1S/C16H20N6O3/c1-8-14(10(3)23)9(2)22(20-8)7-13(24)21-5-4-11-12(6-21)18-16(17)19-15(11)25/h4-7H2,1-3H3,(H3,17,18,19,25). The Labute approximate surface area is 143 Å². The number of aromatic nitrogens is 4. The second kappa shape index (κ2) is 6.15. The molecule has 1 aliphatic rings. The van der Waals surface area contributed by atoms with Crippen molar-refractivity contribution in [1.82, 2.24) is 24.6 Å². The minimum Gasteiger partial charge on any atom is -0.369 e. The quantitative estimate of drug-likeness (QED) is 0.752. The van der Waals surface area contributed by atoms with Crippen molar-refractivity contribution in [2.45, 2.75) is 40.3 Å². The summed E-state index contributed by atoms with van der Waals surface area (Å²) in [5.74, 6) is -0.172. The molecule has 0 radical (unpaired) electrons. The van der Waals surface area contributed by atoms with Crippen molar-refractivity contribution in [1.29, 1.82) is 0 Å². The number of aryl methyl sites for hydroxylation is 1. The average Bonchev–Trinajstić information content (AvgIpc) is 2.80. The zero-order valence-electron chi connectivity index (χ0n) is 14.4. The number of rotatable bonds is 3. The molecule has 1 amide bonds. The van der Waals surface area contributed by atoms with Crippen LogP contribution in [0.15, 0.2) is 4.79 Å². The van der Waals surface area contributed by atoms with Gasteiger partial charge in [-0.3, -0.25) is 24.0 Å². The summed E-state index contributed by atoms with van der Waals surface area (Å²) in [6.45, 7) is 5.71. The summed E-state index contributed by atoms with van der Waals surface area (Å²) >= 11 is 0. The molecule has 9 heteroatoms. The maximum Gasteiger partial charge on any atom is 0.255 e. The lowest BCUT2D eigenvalue weighted by molar-refractivity contribution is -0.133. The van der Waals surface area contributed by atoms with Gasteiger partial charge in [0.25, 0.3) is 5.56 Å². The highest BCUT2D eigenvalue weighted by atomic mass is 16.2. The number of amides is 1. The third-order valence-corrected chi connectivity index (χ3v) is 4.46. The number of anilines is 1. The molecule has 0 fully saturated rings. The summed E-state index contributed by atoms with van der Waals surface area (Å²) in [7, 11) is 0. The molecule has 0 saturated heterocycles. The van der Waals surface area contributed by atoms with Crippen LogP contribution in [0.4, 0.5) is 5.95 Å². The van der Waals surface area contributed by atoms with E-state index in [-0.39, 0.29) is 36.3 Å². The number of ketones is 1. The Morgan fingerprint density at radius 1 is 1.32 bits per heavy atom. The fourth-order valence-electron chi connectivity index (χ4n) is 3.26. The average molecular weight is 344 g/mol. The van der Waals surface area contributed by atoms with Crippen LogP contribution in [-0.2, 0) is 24.3 Å². The van der Waals surface area contributed by atoms with Crippen LogP contribution in [0.25, 0.3) is 0 Å². The Balaban J connectivity index is 1.80. The lowest BCUT2D eigenvalue weighted by atomic mass is 10.1. The largest absolute Gasteiger partial charge is 0.369 e. The number of hydrogen-bond acceptors (Lipinski definition) is 6. The van der Waals surface area contributed by atoms with Crippen LogP contribution >= 0.6 is 0 Å². The van der Waals surface area contributed by atoms with E-state index in [0.717, 1.165) is 0 Å². The van der Waals surface area contributed by atoms with Crippen LogP contribution < -0.4 is 11.3 Å². The van der Waals surface area contributed by atoms with Gasteiger partial charge < -0.3 is 10.6 Å². The molecule has 3 N–H and O–H groups in total. The lowest BCUT2D eigenvalue weighted by Crippen LogP contribution is -2.41. The molecule has 1 aliphatic heterocycles.